The summed E-state index contributed by atoms with van der Waals surface area (Å²) in [6.07, 6.45) is 8.66. The van der Waals surface area contributed by atoms with Gasteiger partial charge in [0.25, 0.3) is 0 Å². The van der Waals surface area contributed by atoms with Gasteiger partial charge >= 0.3 is 0 Å². The quantitative estimate of drug-likeness (QED) is 0.806. The number of anilines is 1. The van der Waals surface area contributed by atoms with E-state index in [1.54, 1.807) is 0 Å². The molecule has 1 atom stereocenters. The van der Waals surface area contributed by atoms with Crippen LogP contribution in [0.5, 0.6) is 0 Å². The number of hydrogen-bond donors (Lipinski definition) is 0. The molecule has 2 aliphatic rings. The summed E-state index contributed by atoms with van der Waals surface area (Å²) in [5.41, 5.74) is 4.24. The first kappa shape index (κ1) is 16.6. The van der Waals surface area contributed by atoms with Crippen LogP contribution in [-0.2, 0) is 6.54 Å². The van der Waals surface area contributed by atoms with E-state index in [1.807, 2.05) is 0 Å². The average molecular weight is 335 g/mol. The van der Waals surface area contributed by atoms with Crippen LogP contribution in [0.1, 0.15) is 54.8 Å². The monoisotopic (exact) mass is 335 g/mol. The fourth-order valence-electron chi connectivity index (χ4n) is 4.38. The highest BCUT2D eigenvalue weighted by Crippen LogP contribution is 2.35. The maximum atomic E-state index is 4.85. The molecule has 1 unspecified atom stereocenters. The van der Waals surface area contributed by atoms with Gasteiger partial charge in [-0.3, -0.25) is 4.90 Å². The Bertz CT molecular complexity index is 692. The molecule has 3 nitrogen and oxygen atoms in total. The van der Waals surface area contributed by atoms with E-state index in [4.69, 9.17) is 4.98 Å². The van der Waals surface area contributed by atoms with Crippen molar-refractivity contribution in [3.63, 3.8) is 0 Å². The van der Waals surface area contributed by atoms with E-state index in [1.165, 1.54) is 61.2 Å². The lowest BCUT2D eigenvalue weighted by Gasteiger charge is -2.30. The van der Waals surface area contributed by atoms with Gasteiger partial charge in [0.2, 0.25) is 0 Å². The minimum atomic E-state index is 0.517. The zero-order chi connectivity index (χ0) is 17.1. The normalized spacial score (nSPS) is 21.6. The lowest BCUT2D eigenvalue weighted by Crippen LogP contribution is -2.30. The van der Waals surface area contributed by atoms with Crippen molar-refractivity contribution in [1.82, 2.24) is 9.88 Å². The number of aryl methyl sites for hydroxylation is 1. The summed E-state index contributed by atoms with van der Waals surface area (Å²) in [6.45, 7) is 6.82. The van der Waals surface area contributed by atoms with Crippen molar-refractivity contribution in [2.75, 3.05) is 24.5 Å². The van der Waals surface area contributed by atoms with E-state index >= 15 is 0 Å². The number of rotatable bonds is 4. The smallest absolute Gasteiger partial charge is 0.128 e. The predicted molar refractivity (Wildman–Crippen MR) is 104 cm³/mol. The van der Waals surface area contributed by atoms with Gasteiger partial charge < -0.3 is 4.90 Å². The molecule has 2 fully saturated rings. The number of likely N-dealkylation sites (tertiary alicyclic amines) is 1. The van der Waals surface area contributed by atoms with Gasteiger partial charge in [-0.15, -0.1) is 0 Å². The van der Waals surface area contributed by atoms with E-state index in [0.29, 0.717) is 6.04 Å². The summed E-state index contributed by atoms with van der Waals surface area (Å²) in [6, 6.07) is 13.7. The summed E-state index contributed by atoms with van der Waals surface area (Å²) in [7, 11) is 0. The van der Waals surface area contributed by atoms with Gasteiger partial charge in [-0.1, -0.05) is 30.3 Å². The topological polar surface area (TPSA) is 19.4 Å². The Labute approximate surface area is 151 Å². The number of hydrogen-bond acceptors (Lipinski definition) is 3. The Kier molecular flexibility index (Phi) is 5.02. The Balaban J connectivity index is 1.51. The molecule has 132 valence electrons. The standard InChI is InChI=1S/C22H29N3/c1-18-15-22(24-12-6-3-7-13-24)23-16-20(18)21-11-8-14-25(21)17-19-9-4-2-5-10-19/h2,4-5,9-10,15-16,21H,3,6-8,11-14,17H2,1H3. The third-order valence-corrected chi connectivity index (χ3v) is 5.77. The van der Waals surface area contributed by atoms with Crippen molar-refractivity contribution in [2.45, 2.75) is 51.6 Å². The Morgan fingerprint density at radius 3 is 2.56 bits per heavy atom. The molecule has 2 saturated heterocycles. The molecule has 0 saturated carbocycles. The summed E-state index contributed by atoms with van der Waals surface area (Å²) in [5.74, 6) is 1.17. The predicted octanol–water partition coefficient (Wildman–Crippen LogP) is 4.72. The number of aromatic nitrogens is 1. The molecule has 2 aromatic rings. The number of pyridine rings is 1. The van der Waals surface area contributed by atoms with Crippen LogP contribution in [0.2, 0.25) is 0 Å². The van der Waals surface area contributed by atoms with Gasteiger partial charge in [-0.2, -0.15) is 0 Å². The molecule has 3 heteroatoms. The molecule has 4 rings (SSSR count). The first-order chi connectivity index (χ1) is 12.3. The second-order valence-electron chi connectivity index (χ2n) is 7.56. The Morgan fingerprint density at radius 1 is 1.00 bits per heavy atom. The first-order valence-corrected chi connectivity index (χ1v) is 9.81. The van der Waals surface area contributed by atoms with Crippen LogP contribution in [0, 0.1) is 6.92 Å². The fourth-order valence-corrected chi connectivity index (χ4v) is 4.38. The highest BCUT2D eigenvalue weighted by Gasteiger charge is 2.27. The van der Waals surface area contributed by atoms with Gasteiger partial charge in [0, 0.05) is 31.9 Å². The van der Waals surface area contributed by atoms with E-state index < -0.39 is 0 Å². The zero-order valence-electron chi connectivity index (χ0n) is 15.3. The summed E-state index contributed by atoms with van der Waals surface area (Å²) in [4.78, 5) is 9.93. The van der Waals surface area contributed by atoms with E-state index in [-0.39, 0.29) is 0 Å². The molecule has 0 bridgehead atoms. The molecule has 0 spiro atoms. The maximum Gasteiger partial charge on any atom is 0.128 e. The number of piperidine rings is 1. The van der Waals surface area contributed by atoms with Crippen molar-refractivity contribution in [3.05, 3.63) is 59.3 Å². The maximum absolute atomic E-state index is 4.85. The molecular weight excluding hydrogens is 306 g/mol. The molecule has 3 heterocycles. The average Bonchev–Trinajstić information content (AvgIpc) is 3.11. The Morgan fingerprint density at radius 2 is 1.80 bits per heavy atom. The third-order valence-electron chi connectivity index (χ3n) is 5.77. The molecule has 1 aromatic carbocycles. The number of nitrogens with zero attached hydrogens (tertiary/aromatic N) is 3. The lowest BCUT2D eigenvalue weighted by atomic mass is 10.0. The van der Waals surface area contributed by atoms with Gasteiger partial charge in [-0.25, -0.2) is 4.98 Å². The molecule has 0 aliphatic carbocycles. The molecular formula is C22H29N3. The molecule has 25 heavy (non-hydrogen) atoms. The Hall–Kier alpha value is -1.87. The van der Waals surface area contributed by atoms with Gasteiger partial charge in [-0.05, 0) is 68.3 Å². The molecule has 2 aliphatic heterocycles. The highest BCUT2D eigenvalue weighted by molar-refractivity contribution is 5.44. The molecule has 0 radical (unpaired) electrons. The minimum Gasteiger partial charge on any atom is -0.357 e. The van der Waals surface area contributed by atoms with Crippen LogP contribution < -0.4 is 4.90 Å². The first-order valence-electron chi connectivity index (χ1n) is 9.81. The van der Waals surface area contributed by atoms with Crippen molar-refractivity contribution >= 4 is 5.82 Å². The second-order valence-corrected chi connectivity index (χ2v) is 7.56. The van der Waals surface area contributed by atoms with E-state index in [2.05, 4.69) is 59.3 Å². The SMILES string of the molecule is Cc1cc(N2CCCCC2)ncc1C1CCCN1Cc1ccccc1. The second kappa shape index (κ2) is 7.57. The van der Waals surface area contributed by atoms with E-state index in [0.717, 1.165) is 19.6 Å². The van der Waals surface area contributed by atoms with Crippen LogP contribution in [-0.4, -0.2) is 29.5 Å². The van der Waals surface area contributed by atoms with Crippen molar-refractivity contribution < 1.29 is 0 Å². The van der Waals surface area contributed by atoms with Crippen LogP contribution in [0.15, 0.2) is 42.6 Å². The third kappa shape index (κ3) is 3.72. The lowest BCUT2D eigenvalue weighted by molar-refractivity contribution is 0.247. The summed E-state index contributed by atoms with van der Waals surface area (Å²) >= 11 is 0. The number of benzene rings is 1. The summed E-state index contributed by atoms with van der Waals surface area (Å²) < 4.78 is 0. The van der Waals surface area contributed by atoms with Crippen LogP contribution in [0.3, 0.4) is 0 Å². The van der Waals surface area contributed by atoms with Crippen molar-refractivity contribution in [3.8, 4) is 0 Å². The van der Waals surface area contributed by atoms with Crippen LogP contribution in [0.4, 0.5) is 5.82 Å². The summed E-state index contributed by atoms with van der Waals surface area (Å²) in [5, 5.41) is 0. The molecule has 1 aromatic heterocycles. The van der Waals surface area contributed by atoms with Crippen LogP contribution in [0.25, 0.3) is 0 Å². The largest absolute Gasteiger partial charge is 0.357 e. The molecule has 0 amide bonds. The van der Waals surface area contributed by atoms with Crippen LogP contribution >= 0.6 is 0 Å². The van der Waals surface area contributed by atoms with Gasteiger partial charge in [0.1, 0.15) is 5.82 Å². The van der Waals surface area contributed by atoms with Gasteiger partial charge in [0.15, 0.2) is 0 Å². The minimum absolute atomic E-state index is 0.517. The van der Waals surface area contributed by atoms with Gasteiger partial charge in [0.05, 0.1) is 0 Å². The van der Waals surface area contributed by atoms with Crippen molar-refractivity contribution in [1.29, 1.82) is 0 Å². The zero-order valence-corrected chi connectivity index (χ0v) is 15.3. The fraction of sp³-hybridized carbons (Fsp3) is 0.500. The van der Waals surface area contributed by atoms with E-state index in [9.17, 15) is 0 Å². The van der Waals surface area contributed by atoms with Crippen molar-refractivity contribution in [2.24, 2.45) is 0 Å². The highest BCUT2D eigenvalue weighted by atomic mass is 15.2. The molecule has 0 N–H and O–H groups in total.